The lowest BCUT2D eigenvalue weighted by Gasteiger charge is -2.07. The van der Waals surface area contributed by atoms with Crippen molar-refractivity contribution >= 4 is 12.4 Å². The van der Waals surface area contributed by atoms with E-state index in [1.54, 1.807) is 24.3 Å². The molecule has 4 nitrogen and oxygen atoms in total. The van der Waals surface area contributed by atoms with Gasteiger partial charge in [-0.25, -0.2) is 0 Å². The molecule has 0 saturated carbocycles. The van der Waals surface area contributed by atoms with Crippen LogP contribution < -0.4 is 10.1 Å². The van der Waals surface area contributed by atoms with Crippen molar-refractivity contribution in [3.8, 4) is 5.75 Å². The number of carbonyl (C=O) groups is 2. The molecule has 86 valence electrons. The number of hydrogen-bond donors (Lipinski definition) is 1. The van der Waals surface area contributed by atoms with Gasteiger partial charge in [-0.3, -0.25) is 9.59 Å². The summed E-state index contributed by atoms with van der Waals surface area (Å²) in [4.78, 5) is 22.0. The van der Waals surface area contributed by atoms with Crippen molar-refractivity contribution in [1.82, 2.24) is 5.32 Å². The van der Waals surface area contributed by atoms with E-state index in [4.69, 9.17) is 4.74 Å². The highest BCUT2D eigenvalue weighted by Gasteiger charge is 2.10. The van der Waals surface area contributed by atoms with Crippen molar-refractivity contribution in [3.63, 3.8) is 0 Å². The molecule has 0 atom stereocenters. The van der Waals surface area contributed by atoms with Gasteiger partial charge in [0.25, 0.3) is 12.4 Å². The van der Waals surface area contributed by atoms with Crippen molar-refractivity contribution in [1.29, 1.82) is 0 Å². The molecule has 1 aromatic carbocycles. The van der Waals surface area contributed by atoms with Crippen LogP contribution >= 0.6 is 0 Å². The maximum atomic E-state index is 11.7. The number of ether oxygens (including phenoxy) is 1. The molecule has 0 radical (unpaired) electrons. The number of benzene rings is 1. The first-order valence-electron chi connectivity index (χ1n) is 5.27. The SMILES string of the molecule is CCCCNC(=O)c1ccccc1OC=O. The molecule has 1 aromatic rings. The minimum atomic E-state index is -0.217. The maximum absolute atomic E-state index is 11.7. The first kappa shape index (κ1) is 12.2. The average Bonchev–Trinajstić information content (AvgIpc) is 2.30. The van der Waals surface area contributed by atoms with Gasteiger partial charge >= 0.3 is 0 Å². The van der Waals surface area contributed by atoms with Gasteiger partial charge in [-0.2, -0.15) is 0 Å². The summed E-state index contributed by atoms with van der Waals surface area (Å²) >= 11 is 0. The Morgan fingerprint density at radius 3 is 2.88 bits per heavy atom. The predicted octanol–water partition coefficient (Wildman–Crippen LogP) is 1.75. The van der Waals surface area contributed by atoms with Crippen LogP contribution in [0.15, 0.2) is 24.3 Å². The summed E-state index contributed by atoms with van der Waals surface area (Å²) in [6.07, 6.45) is 1.95. The molecule has 1 amide bonds. The Bertz CT molecular complexity index is 363. The second-order valence-electron chi connectivity index (χ2n) is 3.32. The molecule has 0 aromatic heterocycles. The molecule has 0 fully saturated rings. The predicted molar refractivity (Wildman–Crippen MR) is 60.4 cm³/mol. The van der Waals surface area contributed by atoms with Crippen LogP contribution in [-0.4, -0.2) is 18.9 Å². The van der Waals surface area contributed by atoms with Gasteiger partial charge in [0.15, 0.2) is 0 Å². The topological polar surface area (TPSA) is 55.4 Å². The van der Waals surface area contributed by atoms with Gasteiger partial charge in [0.05, 0.1) is 5.56 Å². The fraction of sp³-hybridized carbons (Fsp3) is 0.333. The molecular formula is C12H15NO3. The monoisotopic (exact) mass is 221 g/mol. The second-order valence-corrected chi connectivity index (χ2v) is 3.32. The van der Waals surface area contributed by atoms with E-state index in [1.165, 1.54) is 0 Å². The molecule has 0 spiro atoms. The number of rotatable bonds is 6. The molecular weight excluding hydrogens is 206 g/mol. The lowest BCUT2D eigenvalue weighted by molar-refractivity contribution is -0.120. The van der Waals surface area contributed by atoms with Gasteiger partial charge in [0, 0.05) is 6.54 Å². The molecule has 1 rings (SSSR count). The fourth-order valence-electron chi connectivity index (χ4n) is 1.28. The van der Waals surface area contributed by atoms with E-state index in [2.05, 4.69) is 12.2 Å². The zero-order valence-electron chi connectivity index (χ0n) is 9.23. The quantitative estimate of drug-likeness (QED) is 0.588. The molecule has 4 heteroatoms. The molecule has 0 saturated heterocycles. The van der Waals surface area contributed by atoms with Crippen LogP contribution in [0.25, 0.3) is 0 Å². The van der Waals surface area contributed by atoms with E-state index < -0.39 is 0 Å². The number of carbonyl (C=O) groups excluding carboxylic acids is 2. The molecule has 0 aliphatic rings. The second kappa shape index (κ2) is 6.61. The summed E-state index contributed by atoms with van der Waals surface area (Å²) in [5.41, 5.74) is 0.380. The standard InChI is InChI=1S/C12H15NO3/c1-2-3-8-13-12(15)10-6-4-5-7-11(10)16-9-14/h4-7,9H,2-3,8H2,1H3,(H,13,15). The highest BCUT2D eigenvalue weighted by Crippen LogP contribution is 2.16. The number of unbranched alkanes of at least 4 members (excludes halogenated alkanes) is 1. The molecule has 0 bridgehead atoms. The van der Waals surface area contributed by atoms with Gasteiger partial charge in [-0.1, -0.05) is 25.5 Å². The van der Waals surface area contributed by atoms with E-state index in [9.17, 15) is 9.59 Å². The minimum absolute atomic E-state index is 0.217. The van der Waals surface area contributed by atoms with Gasteiger partial charge < -0.3 is 10.1 Å². The third-order valence-corrected chi connectivity index (χ3v) is 2.12. The molecule has 0 unspecified atom stereocenters. The van der Waals surface area contributed by atoms with E-state index in [0.717, 1.165) is 12.8 Å². The normalized spacial score (nSPS) is 9.56. The first-order valence-corrected chi connectivity index (χ1v) is 5.27. The van der Waals surface area contributed by atoms with E-state index in [1.807, 2.05) is 0 Å². The third-order valence-electron chi connectivity index (χ3n) is 2.12. The molecule has 16 heavy (non-hydrogen) atoms. The van der Waals surface area contributed by atoms with Crippen LogP contribution in [0.4, 0.5) is 0 Å². The zero-order valence-corrected chi connectivity index (χ0v) is 9.23. The van der Waals surface area contributed by atoms with Crippen molar-refractivity contribution in [2.45, 2.75) is 19.8 Å². The highest BCUT2D eigenvalue weighted by atomic mass is 16.5. The Hall–Kier alpha value is -1.84. The fourth-order valence-corrected chi connectivity index (χ4v) is 1.28. The lowest BCUT2D eigenvalue weighted by Crippen LogP contribution is -2.24. The van der Waals surface area contributed by atoms with E-state index in [-0.39, 0.29) is 11.7 Å². The Labute approximate surface area is 94.6 Å². The smallest absolute Gasteiger partial charge is 0.298 e. The Balaban J connectivity index is 2.69. The van der Waals surface area contributed by atoms with Gasteiger partial charge in [0.1, 0.15) is 5.75 Å². The molecule has 0 aliphatic carbocycles. The van der Waals surface area contributed by atoms with Crippen LogP contribution in [0.3, 0.4) is 0 Å². The Kier molecular flexibility index (Phi) is 5.05. The van der Waals surface area contributed by atoms with Crippen LogP contribution in [0.5, 0.6) is 5.75 Å². The van der Waals surface area contributed by atoms with Crippen LogP contribution in [0.2, 0.25) is 0 Å². The summed E-state index contributed by atoms with van der Waals surface area (Å²) in [5.74, 6) is 0.0670. The van der Waals surface area contributed by atoms with E-state index >= 15 is 0 Å². The summed E-state index contributed by atoms with van der Waals surface area (Å²) in [6.45, 7) is 3.00. The number of nitrogens with one attached hydrogen (secondary N) is 1. The Morgan fingerprint density at radius 2 is 2.19 bits per heavy atom. The average molecular weight is 221 g/mol. The number of hydrogen-bond acceptors (Lipinski definition) is 3. The van der Waals surface area contributed by atoms with Crippen molar-refractivity contribution in [2.24, 2.45) is 0 Å². The highest BCUT2D eigenvalue weighted by molar-refractivity contribution is 5.97. The summed E-state index contributed by atoms with van der Waals surface area (Å²) in [6, 6.07) is 6.65. The zero-order chi connectivity index (χ0) is 11.8. The largest absolute Gasteiger partial charge is 0.428 e. The number of amides is 1. The van der Waals surface area contributed by atoms with Crippen LogP contribution in [-0.2, 0) is 4.79 Å². The van der Waals surface area contributed by atoms with Crippen LogP contribution in [0.1, 0.15) is 30.1 Å². The number of para-hydroxylation sites is 1. The summed E-state index contributed by atoms with van der Waals surface area (Å²) in [5, 5.41) is 2.76. The third kappa shape index (κ3) is 3.38. The minimum Gasteiger partial charge on any atom is -0.428 e. The summed E-state index contributed by atoms with van der Waals surface area (Å²) in [7, 11) is 0. The maximum Gasteiger partial charge on any atom is 0.298 e. The van der Waals surface area contributed by atoms with Crippen molar-refractivity contribution < 1.29 is 14.3 Å². The molecule has 1 N–H and O–H groups in total. The van der Waals surface area contributed by atoms with Gasteiger partial charge in [-0.15, -0.1) is 0 Å². The van der Waals surface area contributed by atoms with Gasteiger partial charge in [0.2, 0.25) is 0 Å². The first-order chi connectivity index (χ1) is 7.79. The Morgan fingerprint density at radius 1 is 1.44 bits per heavy atom. The molecule has 0 heterocycles. The van der Waals surface area contributed by atoms with Crippen molar-refractivity contribution in [3.05, 3.63) is 29.8 Å². The van der Waals surface area contributed by atoms with Gasteiger partial charge in [-0.05, 0) is 18.6 Å². The van der Waals surface area contributed by atoms with Crippen molar-refractivity contribution in [2.75, 3.05) is 6.54 Å². The summed E-state index contributed by atoms with van der Waals surface area (Å²) < 4.78 is 4.72. The van der Waals surface area contributed by atoms with Crippen LogP contribution in [0, 0.1) is 0 Å². The van der Waals surface area contributed by atoms with E-state index in [0.29, 0.717) is 18.6 Å². The lowest BCUT2D eigenvalue weighted by atomic mass is 10.2. The molecule has 0 aliphatic heterocycles.